The van der Waals surface area contributed by atoms with Crippen LogP contribution in [-0.2, 0) is 0 Å². The van der Waals surface area contributed by atoms with Crippen LogP contribution < -0.4 is 5.73 Å². The monoisotopic (exact) mass is 207 g/mol. The molecule has 13 heavy (non-hydrogen) atoms. The smallest absolute Gasteiger partial charge is 0.142 e. The molecule has 0 saturated carbocycles. The van der Waals surface area contributed by atoms with E-state index >= 15 is 0 Å². The molecule has 1 aromatic rings. The predicted octanol–water partition coefficient (Wildman–Crippen LogP) is 1.61. The van der Waals surface area contributed by atoms with Crippen LogP contribution in [0.4, 0.5) is 8.78 Å². The lowest BCUT2D eigenvalue weighted by Gasteiger charge is -2.11. The number of aliphatic hydroxyl groups is 1. The van der Waals surface area contributed by atoms with Gasteiger partial charge in [-0.2, -0.15) is 0 Å². The summed E-state index contributed by atoms with van der Waals surface area (Å²) in [6.07, 6.45) is 0. The first-order valence-electron chi connectivity index (χ1n) is 3.57. The molecule has 0 aliphatic carbocycles. The van der Waals surface area contributed by atoms with Crippen LogP contribution in [-0.4, -0.2) is 11.7 Å². The average molecular weight is 208 g/mol. The topological polar surface area (TPSA) is 46.2 Å². The summed E-state index contributed by atoms with van der Waals surface area (Å²) < 4.78 is 25.8. The van der Waals surface area contributed by atoms with Crippen molar-refractivity contribution in [2.24, 2.45) is 5.73 Å². The van der Waals surface area contributed by atoms with Crippen molar-refractivity contribution in [3.63, 3.8) is 0 Å². The Bertz CT molecular complexity index is 319. The zero-order valence-corrected chi connectivity index (χ0v) is 7.35. The number of hydrogen-bond donors (Lipinski definition) is 2. The van der Waals surface area contributed by atoms with Crippen LogP contribution in [0.3, 0.4) is 0 Å². The molecule has 1 unspecified atom stereocenters. The fourth-order valence-electron chi connectivity index (χ4n) is 0.974. The molecule has 0 spiro atoms. The lowest BCUT2D eigenvalue weighted by Crippen LogP contribution is -2.17. The molecule has 72 valence electrons. The first-order valence-corrected chi connectivity index (χ1v) is 3.95. The second kappa shape index (κ2) is 4.00. The number of benzene rings is 1. The zero-order valence-electron chi connectivity index (χ0n) is 6.60. The van der Waals surface area contributed by atoms with Gasteiger partial charge in [0.25, 0.3) is 0 Å². The molecule has 1 atom stereocenters. The van der Waals surface area contributed by atoms with Crippen LogP contribution in [0.15, 0.2) is 12.1 Å². The molecule has 5 heteroatoms. The van der Waals surface area contributed by atoms with Crippen molar-refractivity contribution in [2.45, 2.75) is 6.04 Å². The standard InChI is InChI=1S/C8H8ClF2NO/c9-8-5(11)2-1-4(10)7(8)6(12)3-13/h1-2,6,13H,3,12H2. The number of nitrogens with two attached hydrogens (primary N) is 1. The zero-order chi connectivity index (χ0) is 10.0. The van der Waals surface area contributed by atoms with Crippen molar-refractivity contribution in [1.82, 2.24) is 0 Å². The van der Waals surface area contributed by atoms with Gasteiger partial charge in [-0.3, -0.25) is 0 Å². The number of rotatable bonds is 2. The van der Waals surface area contributed by atoms with Gasteiger partial charge in [0.15, 0.2) is 0 Å². The highest BCUT2D eigenvalue weighted by atomic mass is 35.5. The SMILES string of the molecule is NC(CO)c1c(F)ccc(F)c1Cl. The predicted molar refractivity (Wildman–Crippen MR) is 45.4 cm³/mol. The quantitative estimate of drug-likeness (QED) is 0.724. The third-order valence-corrected chi connectivity index (χ3v) is 2.03. The Kier molecular flexibility index (Phi) is 3.19. The summed E-state index contributed by atoms with van der Waals surface area (Å²) in [7, 11) is 0. The lowest BCUT2D eigenvalue weighted by molar-refractivity contribution is 0.265. The molecule has 0 aromatic heterocycles. The molecule has 0 radical (unpaired) electrons. The minimum absolute atomic E-state index is 0.191. The third-order valence-electron chi connectivity index (χ3n) is 1.65. The van der Waals surface area contributed by atoms with Crippen LogP contribution in [0.2, 0.25) is 5.02 Å². The van der Waals surface area contributed by atoms with Crippen molar-refractivity contribution in [3.05, 3.63) is 34.4 Å². The summed E-state index contributed by atoms with van der Waals surface area (Å²) in [5.41, 5.74) is 5.13. The van der Waals surface area contributed by atoms with E-state index in [1.54, 1.807) is 0 Å². The second-order valence-corrected chi connectivity index (χ2v) is 2.92. The van der Waals surface area contributed by atoms with Crippen molar-refractivity contribution in [3.8, 4) is 0 Å². The van der Waals surface area contributed by atoms with Crippen molar-refractivity contribution >= 4 is 11.6 Å². The molecule has 0 amide bonds. The molecule has 0 bridgehead atoms. The van der Waals surface area contributed by atoms with Crippen LogP contribution in [0.1, 0.15) is 11.6 Å². The number of hydrogen-bond acceptors (Lipinski definition) is 2. The van der Waals surface area contributed by atoms with Crippen molar-refractivity contribution < 1.29 is 13.9 Å². The highest BCUT2D eigenvalue weighted by Gasteiger charge is 2.17. The van der Waals surface area contributed by atoms with Crippen LogP contribution in [0.5, 0.6) is 0 Å². The van der Waals surface area contributed by atoms with Gasteiger partial charge in [0, 0.05) is 5.56 Å². The summed E-state index contributed by atoms with van der Waals surface area (Å²) in [4.78, 5) is 0. The van der Waals surface area contributed by atoms with Gasteiger partial charge in [-0.25, -0.2) is 8.78 Å². The summed E-state index contributed by atoms with van der Waals surface area (Å²) in [6, 6.07) is 0.834. The molecule has 1 aromatic carbocycles. The normalized spacial score (nSPS) is 13.0. The molecule has 1 rings (SSSR count). The van der Waals surface area contributed by atoms with E-state index in [4.69, 9.17) is 22.4 Å². The fraction of sp³-hybridized carbons (Fsp3) is 0.250. The first-order chi connectivity index (χ1) is 6.07. The Hall–Kier alpha value is -0.710. The Morgan fingerprint density at radius 2 is 1.92 bits per heavy atom. The summed E-state index contributed by atoms with van der Waals surface area (Å²) in [6.45, 7) is -0.486. The van der Waals surface area contributed by atoms with Gasteiger partial charge in [0.2, 0.25) is 0 Å². The van der Waals surface area contributed by atoms with Crippen LogP contribution in [0, 0.1) is 11.6 Å². The fourth-order valence-corrected chi connectivity index (χ4v) is 1.27. The maximum absolute atomic E-state index is 13.0. The van der Waals surface area contributed by atoms with Crippen LogP contribution >= 0.6 is 11.6 Å². The third kappa shape index (κ3) is 1.96. The minimum Gasteiger partial charge on any atom is -0.394 e. The van der Waals surface area contributed by atoms with Crippen LogP contribution in [0.25, 0.3) is 0 Å². The summed E-state index contributed by atoms with van der Waals surface area (Å²) in [5, 5.41) is 8.28. The van der Waals surface area contributed by atoms with Gasteiger partial charge in [-0.1, -0.05) is 11.6 Å². The molecule has 0 fully saturated rings. The van der Waals surface area contributed by atoms with Gasteiger partial charge in [-0.05, 0) is 12.1 Å². The van der Waals surface area contributed by atoms with Gasteiger partial charge >= 0.3 is 0 Å². The van der Waals surface area contributed by atoms with E-state index in [2.05, 4.69) is 0 Å². The maximum Gasteiger partial charge on any atom is 0.142 e. The second-order valence-electron chi connectivity index (χ2n) is 2.55. The first kappa shape index (κ1) is 10.4. The van der Waals surface area contributed by atoms with E-state index in [1.807, 2.05) is 0 Å². The van der Waals surface area contributed by atoms with E-state index in [0.29, 0.717) is 0 Å². The highest BCUT2D eigenvalue weighted by molar-refractivity contribution is 6.31. The molecule has 0 aliphatic rings. The number of aliphatic hydroxyl groups excluding tert-OH is 1. The highest BCUT2D eigenvalue weighted by Crippen LogP contribution is 2.26. The molecular weight excluding hydrogens is 200 g/mol. The van der Waals surface area contributed by atoms with Gasteiger partial charge < -0.3 is 10.8 Å². The van der Waals surface area contributed by atoms with E-state index in [1.165, 1.54) is 0 Å². The minimum atomic E-state index is -0.997. The molecule has 2 nitrogen and oxygen atoms in total. The Labute approximate surface area is 78.9 Å². The van der Waals surface area contributed by atoms with E-state index in [9.17, 15) is 8.78 Å². The largest absolute Gasteiger partial charge is 0.394 e. The lowest BCUT2D eigenvalue weighted by atomic mass is 10.1. The Morgan fingerprint density at radius 1 is 1.38 bits per heavy atom. The maximum atomic E-state index is 13.0. The molecule has 0 saturated heterocycles. The van der Waals surface area contributed by atoms with Crippen molar-refractivity contribution in [2.75, 3.05) is 6.61 Å². The van der Waals surface area contributed by atoms with E-state index in [0.717, 1.165) is 12.1 Å². The molecular formula is C8H8ClF2NO. The molecule has 0 heterocycles. The molecule has 0 aliphatic heterocycles. The summed E-state index contributed by atoms with van der Waals surface area (Å²) >= 11 is 5.47. The Balaban J connectivity index is 3.25. The number of halogens is 3. The Morgan fingerprint density at radius 3 is 2.46 bits per heavy atom. The van der Waals surface area contributed by atoms with E-state index in [-0.39, 0.29) is 10.6 Å². The summed E-state index contributed by atoms with van der Waals surface area (Å²) in [5.74, 6) is -1.46. The van der Waals surface area contributed by atoms with Crippen molar-refractivity contribution in [1.29, 1.82) is 0 Å². The van der Waals surface area contributed by atoms with Gasteiger partial charge in [0.05, 0.1) is 17.7 Å². The van der Waals surface area contributed by atoms with Gasteiger partial charge in [-0.15, -0.1) is 0 Å². The average Bonchev–Trinajstić information content (AvgIpc) is 2.12. The molecule has 3 N–H and O–H groups in total. The van der Waals surface area contributed by atoms with E-state index < -0.39 is 24.3 Å². The van der Waals surface area contributed by atoms with Gasteiger partial charge in [0.1, 0.15) is 11.6 Å².